The van der Waals surface area contributed by atoms with Gasteiger partial charge in [0.15, 0.2) is 11.5 Å². The Hall–Kier alpha value is -2.07. The van der Waals surface area contributed by atoms with Crippen LogP contribution < -0.4 is 9.47 Å². The highest BCUT2D eigenvalue weighted by molar-refractivity contribution is 5.43. The van der Waals surface area contributed by atoms with E-state index in [-0.39, 0.29) is 18.3 Å². The number of rotatable bonds is 6. The van der Waals surface area contributed by atoms with E-state index in [2.05, 4.69) is 0 Å². The summed E-state index contributed by atoms with van der Waals surface area (Å²) in [6, 6.07) is 11.9. The van der Waals surface area contributed by atoms with Gasteiger partial charge in [0.1, 0.15) is 5.82 Å². The van der Waals surface area contributed by atoms with Gasteiger partial charge in [0.05, 0.1) is 20.8 Å². The lowest BCUT2D eigenvalue weighted by Crippen LogP contribution is -2.08. The van der Waals surface area contributed by atoms with Crippen molar-refractivity contribution in [1.82, 2.24) is 0 Å². The fourth-order valence-corrected chi connectivity index (χ4v) is 2.31. The number of hydrogen-bond acceptors (Lipinski definition) is 3. The molecule has 0 fully saturated rings. The molecule has 1 unspecified atom stereocenters. The van der Waals surface area contributed by atoms with E-state index >= 15 is 0 Å². The lowest BCUT2D eigenvalue weighted by molar-refractivity contribution is 0.264. The molecule has 3 nitrogen and oxygen atoms in total. The molecule has 0 amide bonds. The molecular formula is C17H19FO3. The molecule has 2 rings (SSSR count). The third-order valence-electron chi connectivity index (χ3n) is 3.49. The van der Waals surface area contributed by atoms with Crippen molar-refractivity contribution in [3.05, 3.63) is 59.4 Å². The van der Waals surface area contributed by atoms with Gasteiger partial charge in [0.2, 0.25) is 0 Å². The number of hydrogen-bond donors (Lipinski definition) is 1. The van der Waals surface area contributed by atoms with Crippen LogP contribution in [0, 0.1) is 5.82 Å². The number of methoxy groups -OCH3 is 2. The molecule has 1 atom stereocenters. The molecule has 0 spiro atoms. The molecule has 0 bridgehead atoms. The van der Waals surface area contributed by atoms with Crippen LogP contribution in [0.4, 0.5) is 4.39 Å². The van der Waals surface area contributed by atoms with Gasteiger partial charge < -0.3 is 14.6 Å². The van der Waals surface area contributed by atoms with Crippen molar-refractivity contribution in [2.24, 2.45) is 0 Å². The summed E-state index contributed by atoms with van der Waals surface area (Å²) < 4.78 is 23.5. The second-order valence-electron chi connectivity index (χ2n) is 4.82. The topological polar surface area (TPSA) is 38.7 Å². The largest absolute Gasteiger partial charge is 0.493 e. The molecule has 0 aromatic heterocycles. The summed E-state index contributed by atoms with van der Waals surface area (Å²) in [5.41, 5.74) is 1.93. The van der Waals surface area contributed by atoms with Gasteiger partial charge in [-0.15, -0.1) is 0 Å². The molecule has 2 aromatic rings. The lowest BCUT2D eigenvalue weighted by atomic mass is 9.92. The molecule has 0 radical (unpaired) electrons. The van der Waals surface area contributed by atoms with Gasteiger partial charge in [0.25, 0.3) is 0 Å². The van der Waals surface area contributed by atoms with Crippen molar-refractivity contribution in [3.63, 3.8) is 0 Å². The minimum atomic E-state index is -0.276. The smallest absolute Gasteiger partial charge is 0.160 e. The molecule has 4 heteroatoms. The van der Waals surface area contributed by atoms with Crippen LogP contribution in [-0.4, -0.2) is 25.9 Å². The summed E-state index contributed by atoms with van der Waals surface area (Å²) in [4.78, 5) is 0. The first-order valence-electron chi connectivity index (χ1n) is 6.75. The zero-order valence-corrected chi connectivity index (χ0v) is 12.2. The number of aliphatic hydroxyl groups excluding tert-OH is 1. The fraction of sp³-hybridized carbons (Fsp3) is 0.294. The second kappa shape index (κ2) is 7.09. The van der Waals surface area contributed by atoms with Crippen molar-refractivity contribution < 1.29 is 19.0 Å². The van der Waals surface area contributed by atoms with Crippen LogP contribution in [0.5, 0.6) is 11.5 Å². The maximum absolute atomic E-state index is 13.0. The average molecular weight is 290 g/mol. The van der Waals surface area contributed by atoms with E-state index in [1.54, 1.807) is 26.4 Å². The quantitative estimate of drug-likeness (QED) is 0.888. The summed E-state index contributed by atoms with van der Waals surface area (Å²) in [5.74, 6) is 0.972. The van der Waals surface area contributed by atoms with E-state index in [9.17, 15) is 9.50 Å². The lowest BCUT2D eigenvalue weighted by Gasteiger charge is -2.16. The first-order valence-corrected chi connectivity index (χ1v) is 6.75. The highest BCUT2D eigenvalue weighted by atomic mass is 19.1. The van der Waals surface area contributed by atoms with E-state index in [1.165, 1.54) is 12.1 Å². The van der Waals surface area contributed by atoms with Crippen molar-refractivity contribution >= 4 is 0 Å². The molecule has 0 saturated carbocycles. The van der Waals surface area contributed by atoms with Gasteiger partial charge in [-0.25, -0.2) is 4.39 Å². The summed E-state index contributed by atoms with van der Waals surface area (Å²) in [7, 11) is 3.18. The van der Waals surface area contributed by atoms with Crippen LogP contribution in [0.15, 0.2) is 42.5 Å². The molecule has 0 aliphatic rings. The van der Waals surface area contributed by atoms with E-state index in [0.717, 1.165) is 11.1 Å². The maximum Gasteiger partial charge on any atom is 0.160 e. The molecule has 21 heavy (non-hydrogen) atoms. The van der Waals surface area contributed by atoms with Gasteiger partial charge in [0, 0.05) is 5.92 Å². The standard InChI is InChI=1S/C17H19FO3/c1-20-16-8-3-12(10-17(16)21-2)9-14(11-19)13-4-6-15(18)7-5-13/h3-8,10,14,19H,9,11H2,1-2H3. The van der Waals surface area contributed by atoms with E-state index in [1.807, 2.05) is 18.2 Å². The van der Waals surface area contributed by atoms with Crippen LogP contribution >= 0.6 is 0 Å². The van der Waals surface area contributed by atoms with Crippen LogP contribution in [-0.2, 0) is 6.42 Å². The Balaban J connectivity index is 2.20. The molecule has 112 valence electrons. The van der Waals surface area contributed by atoms with E-state index in [4.69, 9.17) is 9.47 Å². The Bertz CT molecular complexity index is 581. The summed E-state index contributed by atoms with van der Waals surface area (Å²) in [6.07, 6.45) is 0.641. The van der Waals surface area contributed by atoms with Gasteiger partial charge in [-0.2, -0.15) is 0 Å². The highest BCUT2D eigenvalue weighted by Gasteiger charge is 2.13. The van der Waals surface area contributed by atoms with Crippen molar-refractivity contribution in [1.29, 1.82) is 0 Å². The van der Waals surface area contributed by atoms with Gasteiger partial charge in [-0.1, -0.05) is 18.2 Å². The molecule has 0 aliphatic carbocycles. The van der Waals surface area contributed by atoms with Gasteiger partial charge >= 0.3 is 0 Å². The summed E-state index contributed by atoms with van der Waals surface area (Å²) in [5, 5.41) is 9.59. The predicted octanol–water partition coefficient (Wildman–Crippen LogP) is 3.16. The highest BCUT2D eigenvalue weighted by Crippen LogP contribution is 2.30. The van der Waals surface area contributed by atoms with Crippen LogP contribution in [0.3, 0.4) is 0 Å². The minimum Gasteiger partial charge on any atom is -0.493 e. The molecule has 0 aliphatic heterocycles. The zero-order chi connectivity index (χ0) is 15.2. The average Bonchev–Trinajstić information content (AvgIpc) is 2.53. The number of aliphatic hydroxyl groups is 1. The molecule has 1 N–H and O–H groups in total. The second-order valence-corrected chi connectivity index (χ2v) is 4.82. The van der Waals surface area contributed by atoms with Crippen LogP contribution in [0.1, 0.15) is 17.0 Å². The van der Waals surface area contributed by atoms with Crippen molar-refractivity contribution in [2.75, 3.05) is 20.8 Å². The van der Waals surface area contributed by atoms with Crippen molar-refractivity contribution in [3.8, 4) is 11.5 Å². The monoisotopic (exact) mass is 290 g/mol. The predicted molar refractivity (Wildman–Crippen MR) is 79.5 cm³/mol. The molecule has 0 heterocycles. The van der Waals surface area contributed by atoms with E-state index < -0.39 is 0 Å². The zero-order valence-electron chi connectivity index (χ0n) is 12.2. The molecule has 2 aromatic carbocycles. The Morgan fingerprint density at radius 1 is 1.00 bits per heavy atom. The van der Waals surface area contributed by atoms with Crippen LogP contribution in [0.2, 0.25) is 0 Å². The molecule has 0 saturated heterocycles. The summed E-state index contributed by atoms with van der Waals surface area (Å²) >= 11 is 0. The number of halogens is 1. The Labute approximate surface area is 124 Å². The van der Waals surface area contributed by atoms with E-state index in [0.29, 0.717) is 17.9 Å². The third-order valence-corrected chi connectivity index (χ3v) is 3.49. The minimum absolute atomic E-state index is 0.0000228. The first kappa shape index (κ1) is 15.3. The maximum atomic E-state index is 13.0. The Morgan fingerprint density at radius 2 is 1.67 bits per heavy atom. The third kappa shape index (κ3) is 3.73. The number of ether oxygens (including phenoxy) is 2. The van der Waals surface area contributed by atoms with Crippen LogP contribution in [0.25, 0.3) is 0 Å². The molecular weight excluding hydrogens is 271 g/mol. The SMILES string of the molecule is COc1ccc(CC(CO)c2ccc(F)cc2)cc1OC. The van der Waals surface area contributed by atoms with Crippen molar-refractivity contribution in [2.45, 2.75) is 12.3 Å². The Kier molecular flexibility index (Phi) is 5.17. The Morgan fingerprint density at radius 3 is 2.24 bits per heavy atom. The summed E-state index contributed by atoms with van der Waals surface area (Å²) in [6.45, 7) is -0.0000228. The van der Waals surface area contributed by atoms with Gasteiger partial charge in [-0.05, 0) is 41.8 Å². The first-order chi connectivity index (χ1) is 10.2. The fourth-order valence-electron chi connectivity index (χ4n) is 2.31. The van der Waals surface area contributed by atoms with Gasteiger partial charge in [-0.3, -0.25) is 0 Å². The normalized spacial score (nSPS) is 12.0. The number of benzene rings is 2.